The van der Waals surface area contributed by atoms with Crippen LogP contribution in [0.15, 0.2) is 36.0 Å². The average Bonchev–Trinajstić information content (AvgIpc) is 2.99. The normalized spacial score (nSPS) is 15.9. The first-order chi connectivity index (χ1) is 11.0. The largest absolute Gasteiger partial charge is 0.328 e. The van der Waals surface area contributed by atoms with Crippen LogP contribution in [0.3, 0.4) is 0 Å². The number of nitrogens with one attached hydrogen (secondary N) is 2. The lowest BCUT2D eigenvalue weighted by Crippen LogP contribution is -2.21. The van der Waals surface area contributed by atoms with Gasteiger partial charge in [-0.05, 0) is 67.9 Å². The fraction of sp³-hybridized carbons (Fsp3) is 0.222. The van der Waals surface area contributed by atoms with Crippen LogP contribution in [-0.2, 0) is 11.2 Å². The van der Waals surface area contributed by atoms with Gasteiger partial charge in [-0.15, -0.1) is 0 Å². The molecule has 0 bridgehead atoms. The molecule has 2 N–H and O–H groups in total. The number of carbonyl (C=O) groups is 1. The van der Waals surface area contributed by atoms with Crippen LogP contribution in [0.4, 0.5) is 0 Å². The second-order valence-electron chi connectivity index (χ2n) is 5.65. The molecule has 0 radical (unpaired) electrons. The molecule has 2 heterocycles. The fourth-order valence-corrected chi connectivity index (χ4v) is 3.05. The van der Waals surface area contributed by atoms with Gasteiger partial charge in [-0.3, -0.25) is 10.1 Å². The van der Waals surface area contributed by atoms with Gasteiger partial charge < -0.3 is 9.88 Å². The van der Waals surface area contributed by atoms with Crippen molar-refractivity contribution in [3.63, 3.8) is 0 Å². The van der Waals surface area contributed by atoms with E-state index in [0.717, 1.165) is 29.1 Å². The first kappa shape index (κ1) is 15.5. The van der Waals surface area contributed by atoms with Crippen LogP contribution in [0.1, 0.15) is 29.4 Å². The molecule has 1 aromatic carbocycles. The second kappa shape index (κ2) is 6.01. The highest BCUT2D eigenvalue weighted by Gasteiger charge is 2.21. The lowest BCUT2D eigenvalue weighted by atomic mass is 10.1. The lowest BCUT2D eigenvalue weighted by Gasteiger charge is -2.10. The molecule has 4 nitrogen and oxygen atoms in total. The van der Waals surface area contributed by atoms with Crippen LogP contribution in [0.5, 0.6) is 0 Å². The number of aryl methyl sites for hydroxylation is 2. The van der Waals surface area contributed by atoms with Crippen LogP contribution in [0.2, 0.25) is 0 Å². The van der Waals surface area contributed by atoms with Crippen molar-refractivity contribution >= 4 is 29.3 Å². The van der Waals surface area contributed by atoms with E-state index < -0.39 is 0 Å². The molecule has 0 spiro atoms. The van der Waals surface area contributed by atoms with Gasteiger partial charge in [0, 0.05) is 17.1 Å². The highest BCUT2D eigenvalue weighted by atomic mass is 32.1. The Kier molecular flexibility index (Phi) is 4.05. The zero-order chi connectivity index (χ0) is 16.6. The zero-order valence-electron chi connectivity index (χ0n) is 13.4. The van der Waals surface area contributed by atoms with Gasteiger partial charge in [-0.1, -0.05) is 19.1 Å². The molecule has 3 rings (SSSR count). The molecule has 1 fully saturated rings. The monoisotopic (exact) mass is 325 g/mol. The molecule has 23 heavy (non-hydrogen) atoms. The van der Waals surface area contributed by atoms with E-state index in [0.29, 0.717) is 10.8 Å². The summed E-state index contributed by atoms with van der Waals surface area (Å²) in [4.78, 5) is 11.8. The van der Waals surface area contributed by atoms with Crippen LogP contribution in [-0.4, -0.2) is 15.6 Å². The summed E-state index contributed by atoms with van der Waals surface area (Å²) in [6.45, 7) is 6.27. The van der Waals surface area contributed by atoms with Crippen LogP contribution >= 0.6 is 12.2 Å². The summed E-state index contributed by atoms with van der Waals surface area (Å²) in [5.41, 5.74) is 6.15. The number of aromatic nitrogens is 1. The number of amides is 1. The number of hydrogen-bond acceptors (Lipinski definition) is 2. The third kappa shape index (κ3) is 2.92. The first-order valence-corrected chi connectivity index (χ1v) is 8.02. The van der Waals surface area contributed by atoms with Crippen molar-refractivity contribution in [2.24, 2.45) is 0 Å². The molecule has 0 aliphatic carbocycles. The van der Waals surface area contributed by atoms with Crippen molar-refractivity contribution in [1.29, 1.82) is 0 Å². The molecule has 2 aromatic rings. The van der Waals surface area contributed by atoms with Crippen molar-refractivity contribution < 1.29 is 4.79 Å². The molecule has 1 saturated heterocycles. The molecule has 1 aliphatic heterocycles. The van der Waals surface area contributed by atoms with Gasteiger partial charge in [0.25, 0.3) is 5.91 Å². The van der Waals surface area contributed by atoms with E-state index in [9.17, 15) is 4.79 Å². The summed E-state index contributed by atoms with van der Waals surface area (Å²) in [6, 6.07) is 10.6. The number of carbonyl (C=O) groups excluding carboxylic acids is 1. The minimum Gasteiger partial charge on any atom is -0.328 e. The Labute approximate surface area is 141 Å². The van der Waals surface area contributed by atoms with Crippen LogP contribution in [0.25, 0.3) is 11.8 Å². The van der Waals surface area contributed by atoms with E-state index in [1.165, 1.54) is 5.56 Å². The van der Waals surface area contributed by atoms with Crippen molar-refractivity contribution in [1.82, 2.24) is 15.2 Å². The van der Waals surface area contributed by atoms with E-state index in [1.807, 2.05) is 6.08 Å². The summed E-state index contributed by atoms with van der Waals surface area (Å²) in [5, 5.41) is 5.82. The molecule has 1 amide bonds. The summed E-state index contributed by atoms with van der Waals surface area (Å²) in [5.74, 6) is -0.188. The number of nitrogens with zero attached hydrogens (tertiary/aromatic N) is 1. The maximum atomic E-state index is 11.8. The lowest BCUT2D eigenvalue weighted by molar-refractivity contribution is -0.115. The molecule has 1 aromatic heterocycles. The summed E-state index contributed by atoms with van der Waals surface area (Å²) in [7, 11) is 0. The second-order valence-corrected chi connectivity index (χ2v) is 6.06. The molecule has 118 valence electrons. The van der Waals surface area contributed by atoms with Crippen molar-refractivity contribution in [2.45, 2.75) is 27.2 Å². The van der Waals surface area contributed by atoms with Gasteiger partial charge >= 0.3 is 0 Å². The number of hydrogen-bond donors (Lipinski definition) is 2. The maximum absolute atomic E-state index is 11.8. The van der Waals surface area contributed by atoms with Crippen LogP contribution in [0, 0.1) is 13.8 Å². The highest BCUT2D eigenvalue weighted by Crippen LogP contribution is 2.23. The summed E-state index contributed by atoms with van der Waals surface area (Å²) < 4.78 is 2.19. The van der Waals surface area contributed by atoms with E-state index >= 15 is 0 Å². The zero-order valence-corrected chi connectivity index (χ0v) is 14.3. The van der Waals surface area contributed by atoms with Gasteiger partial charge in [0.1, 0.15) is 5.70 Å². The molecule has 0 atom stereocenters. The molecular weight excluding hydrogens is 306 g/mol. The first-order valence-electron chi connectivity index (χ1n) is 7.62. The van der Waals surface area contributed by atoms with Crippen molar-refractivity contribution in [3.05, 3.63) is 58.5 Å². The fourth-order valence-electron chi connectivity index (χ4n) is 2.85. The third-order valence-electron chi connectivity index (χ3n) is 4.09. The Hall–Kier alpha value is -2.40. The Bertz CT molecular complexity index is 816. The van der Waals surface area contributed by atoms with E-state index in [-0.39, 0.29) is 5.91 Å². The molecule has 5 heteroatoms. The smallest absolute Gasteiger partial charge is 0.273 e. The van der Waals surface area contributed by atoms with Crippen molar-refractivity contribution in [2.75, 3.05) is 0 Å². The van der Waals surface area contributed by atoms with E-state index in [1.54, 1.807) is 0 Å². The van der Waals surface area contributed by atoms with Crippen molar-refractivity contribution in [3.8, 4) is 5.69 Å². The average molecular weight is 325 g/mol. The maximum Gasteiger partial charge on any atom is 0.273 e. The quantitative estimate of drug-likeness (QED) is 0.674. The Morgan fingerprint density at radius 2 is 1.87 bits per heavy atom. The minimum absolute atomic E-state index is 0.188. The van der Waals surface area contributed by atoms with E-state index in [2.05, 4.69) is 66.3 Å². The standard InChI is InChI=1S/C18H19N3OS/c1-4-13-5-7-15(8-6-13)21-11(2)9-14(12(21)3)10-16-17(22)20-18(23)19-16/h5-10H,4H2,1-3H3,(H2,19,20,22,23)/b16-10-. The number of rotatable bonds is 3. The predicted octanol–water partition coefficient (Wildman–Crippen LogP) is 3.00. The number of benzene rings is 1. The van der Waals surface area contributed by atoms with Gasteiger partial charge in [0.05, 0.1) is 0 Å². The van der Waals surface area contributed by atoms with Gasteiger partial charge in [0.2, 0.25) is 0 Å². The van der Waals surface area contributed by atoms with Crippen LogP contribution < -0.4 is 10.6 Å². The molecular formula is C18H19N3OS. The van der Waals surface area contributed by atoms with Gasteiger partial charge in [-0.2, -0.15) is 0 Å². The Morgan fingerprint density at radius 3 is 2.43 bits per heavy atom. The predicted molar refractivity (Wildman–Crippen MR) is 96.5 cm³/mol. The molecule has 0 unspecified atom stereocenters. The minimum atomic E-state index is -0.188. The van der Waals surface area contributed by atoms with E-state index in [4.69, 9.17) is 12.2 Å². The number of thiocarbonyl (C=S) groups is 1. The molecule has 0 saturated carbocycles. The topological polar surface area (TPSA) is 46.1 Å². The summed E-state index contributed by atoms with van der Waals surface area (Å²) in [6.07, 6.45) is 2.87. The Morgan fingerprint density at radius 1 is 1.17 bits per heavy atom. The SMILES string of the molecule is CCc1ccc(-n2c(C)cc(/C=C3\NC(=S)NC3=O)c2C)cc1. The van der Waals surface area contributed by atoms with Gasteiger partial charge in [0.15, 0.2) is 5.11 Å². The molecule has 1 aliphatic rings. The highest BCUT2D eigenvalue weighted by molar-refractivity contribution is 7.80. The summed E-state index contributed by atoms with van der Waals surface area (Å²) >= 11 is 4.96. The van der Waals surface area contributed by atoms with Gasteiger partial charge in [-0.25, -0.2) is 0 Å². The Balaban J connectivity index is 2.01. The third-order valence-corrected chi connectivity index (χ3v) is 4.30.